The molecule has 3 fully saturated rings. The average molecular weight is 349 g/mol. The number of nitrogens with zero attached hydrogens (tertiary/aromatic N) is 2. The third-order valence-corrected chi connectivity index (χ3v) is 6.41. The van der Waals surface area contributed by atoms with E-state index in [1.807, 2.05) is 0 Å². The molecule has 132 valence electrons. The molecule has 0 aromatic carbocycles. The monoisotopic (exact) mass is 348 g/mol. The lowest BCUT2D eigenvalue weighted by Crippen LogP contribution is -2.52. The summed E-state index contributed by atoms with van der Waals surface area (Å²) in [5.41, 5.74) is 1.30. The largest absolute Gasteiger partial charge is 0.379 e. The fourth-order valence-corrected chi connectivity index (χ4v) is 4.92. The number of carbonyl (C=O) groups excluding carboxylic acids is 1. The highest BCUT2D eigenvalue weighted by atomic mass is 32.1. The topological polar surface area (TPSA) is 32.8 Å². The van der Waals surface area contributed by atoms with E-state index in [-0.39, 0.29) is 11.3 Å². The normalized spacial score (nSPS) is 28.9. The fraction of sp³-hybridized carbons (Fsp3) is 0.737. The summed E-state index contributed by atoms with van der Waals surface area (Å²) in [5.74, 6) is 1.20. The van der Waals surface area contributed by atoms with E-state index in [9.17, 15) is 4.79 Å². The van der Waals surface area contributed by atoms with Crippen molar-refractivity contribution in [3.63, 3.8) is 0 Å². The van der Waals surface area contributed by atoms with Crippen LogP contribution >= 0.6 is 11.3 Å². The van der Waals surface area contributed by atoms with E-state index in [0.29, 0.717) is 6.42 Å². The van der Waals surface area contributed by atoms with Crippen LogP contribution in [0.5, 0.6) is 0 Å². The molecule has 0 radical (unpaired) electrons. The van der Waals surface area contributed by atoms with Crippen molar-refractivity contribution in [3.05, 3.63) is 22.4 Å². The second kappa shape index (κ2) is 7.14. The number of amides is 1. The second-order valence-electron chi connectivity index (χ2n) is 7.96. The van der Waals surface area contributed by atoms with Crippen LogP contribution in [0.25, 0.3) is 0 Å². The van der Waals surface area contributed by atoms with Crippen molar-refractivity contribution in [2.24, 2.45) is 11.3 Å². The van der Waals surface area contributed by atoms with Crippen LogP contribution in [-0.4, -0.2) is 61.6 Å². The number of hydrogen-bond acceptors (Lipinski definition) is 4. The number of ether oxygens (including phenoxy) is 1. The molecule has 1 spiro atoms. The molecule has 0 unspecified atom stereocenters. The zero-order chi connectivity index (χ0) is 16.4. The number of piperidine rings is 1. The first kappa shape index (κ1) is 16.6. The SMILES string of the molecule is O=C(Cc1ccsc1)N1CCC[C@@]2(COCCN(CC3CC3)C2)C1. The Hall–Kier alpha value is -0.910. The Bertz CT molecular complexity index is 558. The van der Waals surface area contributed by atoms with Crippen LogP contribution in [0.2, 0.25) is 0 Å². The number of carbonyl (C=O) groups is 1. The summed E-state index contributed by atoms with van der Waals surface area (Å²) in [4.78, 5) is 17.4. The van der Waals surface area contributed by atoms with Gasteiger partial charge in [-0.05, 0) is 54.0 Å². The molecule has 5 heteroatoms. The molecule has 2 saturated heterocycles. The number of likely N-dealkylation sites (tertiary alicyclic amines) is 1. The number of thiophene rings is 1. The minimum absolute atomic E-state index is 0.147. The lowest BCUT2D eigenvalue weighted by molar-refractivity contribution is -0.135. The molecule has 1 aromatic rings. The van der Waals surface area contributed by atoms with Gasteiger partial charge in [-0.1, -0.05) is 0 Å². The van der Waals surface area contributed by atoms with Gasteiger partial charge in [-0.2, -0.15) is 11.3 Å². The molecule has 0 N–H and O–H groups in total. The van der Waals surface area contributed by atoms with E-state index in [4.69, 9.17) is 4.74 Å². The third kappa shape index (κ3) is 4.01. The van der Waals surface area contributed by atoms with E-state index in [2.05, 4.69) is 26.6 Å². The molecule has 3 heterocycles. The first-order valence-corrected chi connectivity index (χ1v) is 10.3. The maximum atomic E-state index is 12.7. The lowest BCUT2D eigenvalue weighted by Gasteiger charge is -2.43. The van der Waals surface area contributed by atoms with Gasteiger partial charge in [0.2, 0.25) is 5.91 Å². The predicted octanol–water partition coefficient (Wildman–Crippen LogP) is 2.64. The van der Waals surface area contributed by atoms with E-state index in [0.717, 1.165) is 57.3 Å². The van der Waals surface area contributed by atoms with Crippen LogP contribution in [0.4, 0.5) is 0 Å². The molecule has 0 bridgehead atoms. The maximum Gasteiger partial charge on any atom is 0.227 e. The molecule has 3 aliphatic rings. The van der Waals surface area contributed by atoms with Crippen molar-refractivity contribution in [1.29, 1.82) is 0 Å². The van der Waals surface area contributed by atoms with Crippen molar-refractivity contribution < 1.29 is 9.53 Å². The Morgan fingerprint density at radius 3 is 3.04 bits per heavy atom. The first-order chi connectivity index (χ1) is 11.7. The van der Waals surface area contributed by atoms with Gasteiger partial charge < -0.3 is 14.5 Å². The summed E-state index contributed by atoms with van der Waals surface area (Å²) < 4.78 is 5.98. The molecule has 4 rings (SSSR count). The van der Waals surface area contributed by atoms with Crippen molar-refractivity contribution in [3.8, 4) is 0 Å². The van der Waals surface area contributed by atoms with Crippen LogP contribution in [0, 0.1) is 11.3 Å². The lowest BCUT2D eigenvalue weighted by atomic mass is 9.80. The first-order valence-electron chi connectivity index (χ1n) is 9.31. The number of hydrogen-bond donors (Lipinski definition) is 0. The van der Waals surface area contributed by atoms with E-state index >= 15 is 0 Å². The van der Waals surface area contributed by atoms with E-state index in [1.165, 1.54) is 25.8 Å². The van der Waals surface area contributed by atoms with Gasteiger partial charge in [0.1, 0.15) is 0 Å². The maximum absolute atomic E-state index is 12.7. The zero-order valence-electron chi connectivity index (χ0n) is 14.4. The Morgan fingerprint density at radius 1 is 1.33 bits per heavy atom. The zero-order valence-corrected chi connectivity index (χ0v) is 15.2. The summed E-state index contributed by atoms with van der Waals surface area (Å²) in [6, 6.07) is 2.06. The molecule has 4 nitrogen and oxygen atoms in total. The van der Waals surface area contributed by atoms with Crippen LogP contribution in [0.1, 0.15) is 31.2 Å². The Balaban J connectivity index is 1.40. The second-order valence-corrected chi connectivity index (χ2v) is 8.74. The summed E-state index contributed by atoms with van der Waals surface area (Å²) >= 11 is 1.67. The summed E-state index contributed by atoms with van der Waals surface area (Å²) in [6.07, 6.45) is 5.64. The van der Waals surface area contributed by atoms with Gasteiger partial charge >= 0.3 is 0 Å². The quantitative estimate of drug-likeness (QED) is 0.839. The highest BCUT2D eigenvalue weighted by molar-refractivity contribution is 7.07. The molecule has 1 saturated carbocycles. The van der Waals surface area contributed by atoms with Gasteiger partial charge in [0.05, 0.1) is 19.6 Å². The Labute approximate surface area is 148 Å². The summed E-state index contributed by atoms with van der Waals surface area (Å²) in [7, 11) is 0. The smallest absolute Gasteiger partial charge is 0.227 e. The van der Waals surface area contributed by atoms with Gasteiger partial charge in [0, 0.05) is 38.1 Å². The van der Waals surface area contributed by atoms with Crippen LogP contribution < -0.4 is 0 Å². The van der Waals surface area contributed by atoms with Crippen LogP contribution in [0.3, 0.4) is 0 Å². The number of rotatable bonds is 4. The molecular formula is C19H28N2O2S. The summed E-state index contributed by atoms with van der Waals surface area (Å²) in [5, 5.41) is 4.14. The fourth-order valence-electron chi connectivity index (χ4n) is 4.25. The highest BCUT2D eigenvalue weighted by Gasteiger charge is 2.41. The Kier molecular flexibility index (Phi) is 4.93. The minimum Gasteiger partial charge on any atom is -0.379 e. The molecular weight excluding hydrogens is 320 g/mol. The predicted molar refractivity (Wildman–Crippen MR) is 96.3 cm³/mol. The molecule has 1 aromatic heterocycles. The van der Waals surface area contributed by atoms with Crippen molar-refractivity contribution in [2.45, 2.75) is 32.1 Å². The minimum atomic E-state index is 0.147. The van der Waals surface area contributed by atoms with E-state index < -0.39 is 0 Å². The van der Waals surface area contributed by atoms with Crippen molar-refractivity contribution >= 4 is 17.2 Å². The van der Waals surface area contributed by atoms with Gasteiger partial charge in [-0.25, -0.2) is 0 Å². The third-order valence-electron chi connectivity index (χ3n) is 5.68. The van der Waals surface area contributed by atoms with Crippen LogP contribution in [-0.2, 0) is 16.0 Å². The highest BCUT2D eigenvalue weighted by Crippen LogP contribution is 2.36. The average Bonchev–Trinajstić information content (AvgIpc) is 3.29. The molecule has 1 aliphatic carbocycles. The molecule has 1 amide bonds. The van der Waals surface area contributed by atoms with Gasteiger partial charge in [0.15, 0.2) is 0 Å². The van der Waals surface area contributed by atoms with Crippen molar-refractivity contribution in [2.75, 3.05) is 45.9 Å². The summed E-state index contributed by atoms with van der Waals surface area (Å²) in [6.45, 7) is 6.83. The van der Waals surface area contributed by atoms with Crippen molar-refractivity contribution in [1.82, 2.24) is 9.80 Å². The standard InChI is InChI=1S/C19H28N2O2S/c22-18(10-17-4-9-24-12-17)21-6-1-5-19(14-21)13-20(7-8-23-15-19)11-16-2-3-16/h4,9,12,16H,1-3,5-8,10-11,13-15H2/t19-/m0/s1. The Morgan fingerprint density at radius 2 is 2.25 bits per heavy atom. The van der Waals surface area contributed by atoms with Gasteiger partial charge in [-0.15, -0.1) is 0 Å². The van der Waals surface area contributed by atoms with Gasteiger partial charge in [0.25, 0.3) is 0 Å². The van der Waals surface area contributed by atoms with Crippen LogP contribution in [0.15, 0.2) is 16.8 Å². The molecule has 24 heavy (non-hydrogen) atoms. The molecule has 2 aliphatic heterocycles. The van der Waals surface area contributed by atoms with E-state index in [1.54, 1.807) is 11.3 Å². The molecule has 1 atom stereocenters. The van der Waals surface area contributed by atoms with Gasteiger partial charge in [-0.3, -0.25) is 4.79 Å².